The minimum atomic E-state index is -1.90. The zero-order valence-electron chi connectivity index (χ0n) is 12.3. The van der Waals surface area contributed by atoms with Crippen molar-refractivity contribution in [3.8, 4) is 0 Å². The van der Waals surface area contributed by atoms with Crippen molar-refractivity contribution in [2.24, 2.45) is 0 Å². The van der Waals surface area contributed by atoms with Crippen molar-refractivity contribution in [1.82, 2.24) is 5.32 Å². The minimum absolute atomic E-state index is 0.0279. The molecular weight excluding hydrogens is 324 g/mol. The quantitative estimate of drug-likeness (QED) is 0.614. The van der Waals surface area contributed by atoms with Gasteiger partial charge in [-0.1, -0.05) is 29.8 Å². The van der Waals surface area contributed by atoms with Gasteiger partial charge < -0.3 is 14.8 Å². The van der Waals surface area contributed by atoms with E-state index in [1.54, 1.807) is 6.92 Å². The molecule has 0 fully saturated rings. The average Bonchev–Trinajstić information content (AvgIpc) is 2.99. The molecule has 22 heavy (non-hydrogen) atoms. The van der Waals surface area contributed by atoms with Gasteiger partial charge >= 0.3 is 0 Å². The van der Waals surface area contributed by atoms with E-state index in [4.69, 9.17) is 16.2 Å². The van der Waals surface area contributed by atoms with Crippen LogP contribution in [0.25, 0.3) is 0 Å². The van der Waals surface area contributed by atoms with Gasteiger partial charge in [-0.15, -0.1) is 0 Å². The second kappa shape index (κ2) is 7.76. The van der Waals surface area contributed by atoms with E-state index in [1.807, 2.05) is 18.2 Å². The SMILES string of the molecule is CC(C(=O)NCCS(=O)O)c1ccc(N2CC=CC2)c(Cl)c1. The van der Waals surface area contributed by atoms with Crippen molar-refractivity contribution in [3.05, 3.63) is 40.9 Å². The number of rotatable bonds is 6. The van der Waals surface area contributed by atoms with E-state index >= 15 is 0 Å². The smallest absolute Gasteiger partial charge is 0.227 e. The molecule has 0 aliphatic carbocycles. The van der Waals surface area contributed by atoms with Crippen molar-refractivity contribution in [1.29, 1.82) is 0 Å². The molecule has 120 valence electrons. The number of nitrogens with zero attached hydrogens (tertiary/aromatic N) is 1. The predicted molar refractivity (Wildman–Crippen MR) is 89.9 cm³/mol. The first-order valence-corrected chi connectivity index (χ1v) is 8.69. The van der Waals surface area contributed by atoms with Crippen LogP contribution in [-0.4, -0.2) is 40.1 Å². The van der Waals surface area contributed by atoms with E-state index in [1.165, 1.54) is 0 Å². The highest BCUT2D eigenvalue weighted by molar-refractivity contribution is 7.79. The first-order valence-electron chi connectivity index (χ1n) is 7.03. The van der Waals surface area contributed by atoms with Crippen molar-refractivity contribution < 1.29 is 13.6 Å². The van der Waals surface area contributed by atoms with Gasteiger partial charge in [-0.2, -0.15) is 0 Å². The van der Waals surface area contributed by atoms with Crippen LogP contribution in [-0.2, 0) is 15.9 Å². The fourth-order valence-electron chi connectivity index (χ4n) is 2.29. The van der Waals surface area contributed by atoms with Crippen LogP contribution in [0.4, 0.5) is 5.69 Å². The van der Waals surface area contributed by atoms with Gasteiger partial charge in [-0.05, 0) is 24.6 Å². The Hall–Kier alpha value is -1.37. The molecule has 0 aromatic heterocycles. The summed E-state index contributed by atoms with van der Waals surface area (Å²) in [6.45, 7) is 3.65. The number of benzene rings is 1. The standard InChI is InChI=1S/C15H19ClN2O3S/c1-11(15(19)17-6-9-22(20)21)12-4-5-14(13(16)10-12)18-7-2-3-8-18/h2-5,10-11H,6-9H2,1H3,(H,17,19)(H,20,21). The molecule has 1 aliphatic heterocycles. The number of halogens is 1. The topological polar surface area (TPSA) is 69.6 Å². The van der Waals surface area contributed by atoms with Gasteiger partial charge in [-0.3, -0.25) is 4.79 Å². The highest BCUT2D eigenvalue weighted by atomic mass is 35.5. The lowest BCUT2D eigenvalue weighted by Gasteiger charge is -2.20. The molecule has 1 amide bonds. The molecule has 1 aliphatic rings. The number of anilines is 1. The Labute approximate surface area is 137 Å². The molecule has 5 nitrogen and oxygen atoms in total. The lowest BCUT2D eigenvalue weighted by molar-refractivity contribution is -0.122. The van der Waals surface area contributed by atoms with Gasteiger partial charge in [0, 0.05) is 19.6 Å². The lowest BCUT2D eigenvalue weighted by atomic mass is 10.00. The molecule has 0 radical (unpaired) electrons. The maximum absolute atomic E-state index is 12.0. The van der Waals surface area contributed by atoms with Gasteiger partial charge in [0.15, 0.2) is 11.1 Å². The van der Waals surface area contributed by atoms with E-state index in [-0.39, 0.29) is 24.1 Å². The maximum Gasteiger partial charge on any atom is 0.227 e. The number of carbonyl (C=O) groups is 1. The van der Waals surface area contributed by atoms with Gasteiger partial charge in [0.1, 0.15) is 0 Å². The summed E-state index contributed by atoms with van der Waals surface area (Å²) in [5.41, 5.74) is 1.78. The number of carbonyl (C=O) groups excluding carboxylic acids is 1. The van der Waals surface area contributed by atoms with Crippen molar-refractivity contribution in [3.63, 3.8) is 0 Å². The van der Waals surface area contributed by atoms with Crippen LogP contribution in [0, 0.1) is 0 Å². The molecule has 0 spiro atoms. The van der Waals surface area contributed by atoms with Crippen LogP contribution >= 0.6 is 11.6 Å². The molecule has 1 heterocycles. The summed E-state index contributed by atoms with van der Waals surface area (Å²) in [5.74, 6) is -0.521. The first kappa shape index (κ1) is 17.0. The summed E-state index contributed by atoms with van der Waals surface area (Å²) in [7, 11) is 0. The monoisotopic (exact) mass is 342 g/mol. The largest absolute Gasteiger partial charge is 0.363 e. The molecular formula is C15H19ClN2O3S. The lowest BCUT2D eigenvalue weighted by Crippen LogP contribution is -2.31. The molecule has 1 aromatic rings. The van der Waals surface area contributed by atoms with E-state index < -0.39 is 11.1 Å². The Morgan fingerprint density at radius 3 is 2.73 bits per heavy atom. The Bertz CT molecular complexity index is 598. The summed E-state index contributed by atoms with van der Waals surface area (Å²) in [5, 5.41) is 3.27. The van der Waals surface area contributed by atoms with Gasteiger partial charge in [0.25, 0.3) is 0 Å². The van der Waals surface area contributed by atoms with E-state index in [9.17, 15) is 9.00 Å². The third-order valence-electron chi connectivity index (χ3n) is 3.60. The molecule has 1 aromatic carbocycles. The second-order valence-corrected chi connectivity index (χ2v) is 6.58. The number of amides is 1. The summed E-state index contributed by atoms with van der Waals surface area (Å²) in [6.07, 6.45) is 4.18. The Kier molecular flexibility index (Phi) is 5.99. The molecule has 7 heteroatoms. The normalized spacial score (nSPS) is 16.6. The third-order valence-corrected chi connectivity index (χ3v) is 4.46. The third kappa shape index (κ3) is 4.32. The zero-order valence-corrected chi connectivity index (χ0v) is 13.9. The van der Waals surface area contributed by atoms with E-state index in [2.05, 4.69) is 22.4 Å². The minimum Gasteiger partial charge on any atom is -0.363 e. The molecule has 0 bridgehead atoms. The van der Waals surface area contributed by atoms with Crippen molar-refractivity contribution >= 4 is 34.3 Å². The molecule has 2 rings (SSSR count). The Balaban J connectivity index is 2.00. The number of nitrogens with one attached hydrogen (secondary N) is 1. The fraction of sp³-hybridized carbons (Fsp3) is 0.400. The molecule has 0 saturated carbocycles. The molecule has 2 unspecified atom stereocenters. The first-order chi connectivity index (χ1) is 10.5. The van der Waals surface area contributed by atoms with Crippen LogP contribution in [0.1, 0.15) is 18.4 Å². The molecule has 2 atom stereocenters. The van der Waals surface area contributed by atoms with Crippen LogP contribution in [0.5, 0.6) is 0 Å². The van der Waals surface area contributed by atoms with Gasteiger partial charge in [0.2, 0.25) is 5.91 Å². The summed E-state index contributed by atoms with van der Waals surface area (Å²) in [4.78, 5) is 14.2. The van der Waals surface area contributed by atoms with Crippen LogP contribution in [0.3, 0.4) is 0 Å². The maximum atomic E-state index is 12.0. The van der Waals surface area contributed by atoms with Crippen molar-refractivity contribution in [2.45, 2.75) is 12.8 Å². The highest BCUT2D eigenvalue weighted by Crippen LogP contribution is 2.30. The zero-order chi connectivity index (χ0) is 16.1. The van der Waals surface area contributed by atoms with Crippen LogP contribution in [0.2, 0.25) is 5.02 Å². The number of hydrogen-bond donors (Lipinski definition) is 2. The van der Waals surface area contributed by atoms with Gasteiger partial charge in [0.05, 0.1) is 22.4 Å². The number of hydrogen-bond acceptors (Lipinski definition) is 3. The summed E-state index contributed by atoms with van der Waals surface area (Å²) in [6, 6.07) is 5.63. The van der Waals surface area contributed by atoms with Crippen LogP contribution < -0.4 is 10.2 Å². The average molecular weight is 343 g/mol. The summed E-state index contributed by atoms with van der Waals surface area (Å²) < 4.78 is 19.2. The Morgan fingerprint density at radius 2 is 2.14 bits per heavy atom. The van der Waals surface area contributed by atoms with Gasteiger partial charge in [-0.25, -0.2) is 4.21 Å². The molecule has 0 saturated heterocycles. The highest BCUT2D eigenvalue weighted by Gasteiger charge is 2.18. The fourth-order valence-corrected chi connectivity index (χ4v) is 2.87. The second-order valence-electron chi connectivity index (χ2n) is 5.13. The predicted octanol–water partition coefficient (Wildman–Crippen LogP) is 2.16. The van der Waals surface area contributed by atoms with Crippen LogP contribution in [0.15, 0.2) is 30.4 Å². The van der Waals surface area contributed by atoms with E-state index in [0.29, 0.717) is 5.02 Å². The van der Waals surface area contributed by atoms with Crippen molar-refractivity contribution in [2.75, 3.05) is 30.3 Å². The molecule has 2 N–H and O–H groups in total. The summed E-state index contributed by atoms with van der Waals surface area (Å²) >= 11 is 4.43. The Morgan fingerprint density at radius 1 is 1.45 bits per heavy atom. The van der Waals surface area contributed by atoms with E-state index in [0.717, 1.165) is 24.3 Å².